The largest absolute Gasteiger partial charge is 0.460 e. The molecule has 0 heterocycles. The van der Waals surface area contributed by atoms with E-state index in [2.05, 4.69) is 0 Å². The van der Waals surface area contributed by atoms with Gasteiger partial charge in [0.15, 0.2) is 5.12 Å². The van der Waals surface area contributed by atoms with E-state index < -0.39 is 4.75 Å². The van der Waals surface area contributed by atoms with Crippen molar-refractivity contribution in [2.24, 2.45) is 0 Å². The maximum Gasteiger partial charge on any atom is 0.326 e. The highest BCUT2D eigenvalue weighted by Crippen LogP contribution is 2.30. The third-order valence-corrected chi connectivity index (χ3v) is 4.15. The van der Waals surface area contributed by atoms with Crippen LogP contribution in [0.4, 0.5) is 0 Å². The number of hydrogen-bond acceptors (Lipinski definition) is 4. The van der Waals surface area contributed by atoms with E-state index in [0.29, 0.717) is 6.42 Å². The van der Waals surface area contributed by atoms with Crippen LogP contribution >= 0.6 is 11.8 Å². The van der Waals surface area contributed by atoms with Crippen molar-refractivity contribution < 1.29 is 14.3 Å². The van der Waals surface area contributed by atoms with Gasteiger partial charge in [-0.15, -0.1) is 0 Å². The molecular weight excluding hydrogens is 284 g/mol. The van der Waals surface area contributed by atoms with Crippen molar-refractivity contribution in [1.29, 1.82) is 0 Å². The summed E-state index contributed by atoms with van der Waals surface area (Å²) in [4.78, 5) is 24.0. The van der Waals surface area contributed by atoms with Gasteiger partial charge in [-0.25, -0.2) is 0 Å². The Hall–Kier alpha value is -1.55. The summed E-state index contributed by atoms with van der Waals surface area (Å²) in [6, 6.07) is 9.51. The summed E-state index contributed by atoms with van der Waals surface area (Å²) >= 11 is 1.03. The van der Waals surface area contributed by atoms with E-state index in [1.54, 1.807) is 19.9 Å². The molecule has 0 aromatic heterocycles. The second-order valence-corrected chi connectivity index (χ2v) is 6.31. The molecule has 0 saturated carbocycles. The topological polar surface area (TPSA) is 43.4 Å². The van der Waals surface area contributed by atoms with E-state index in [0.717, 1.165) is 23.7 Å². The molecule has 0 N–H and O–H groups in total. The van der Waals surface area contributed by atoms with E-state index in [4.69, 9.17) is 4.74 Å². The number of ether oxygens (including phenoxy) is 1. The van der Waals surface area contributed by atoms with Crippen molar-refractivity contribution >= 4 is 22.8 Å². The SMILES string of the molecule is CCC=C[C@](C)(SC(=O)CC)C(=O)OCc1ccccc1. The molecule has 114 valence electrons. The van der Waals surface area contributed by atoms with Crippen LogP contribution in [0.25, 0.3) is 0 Å². The van der Waals surface area contributed by atoms with Gasteiger partial charge in [0.25, 0.3) is 0 Å². The second kappa shape index (κ2) is 8.67. The summed E-state index contributed by atoms with van der Waals surface area (Å²) in [6.45, 7) is 5.72. The van der Waals surface area contributed by atoms with E-state index in [1.807, 2.05) is 43.3 Å². The Morgan fingerprint density at radius 2 is 1.90 bits per heavy atom. The first-order chi connectivity index (χ1) is 10.0. The van der Waals surface area contributed by atoms with Gasteiger partial charge < -0.3 is 4.74 Å². The van der Waals surface area contributed by atoms with Crippen molar-refractivity contribution in [2.75, 3.05) is 0 Å². The summed E-state index contributed by atoms with van der Waals surface area (Å²) in [5.41, 5.74) is 0.930. The predicted octanol–water partition coefficient (Wildman–Crippen LogP) is 4.12. The van der Waals surface area contributed by atoms with Gasteiger partial charge >= 0.3 is 5.97 Å². The van der Waals surface area contributed by atoms with Crippen molar-refractivity contribution in [1.82, 2.24) is 0 Å². The first-order valence-corrected chi connectivity index (χ1v) is 7.94. The number of carbonyl (C=O) groups excluding carboxylic acids is 2. The molecule has 0 fully saturated rings. The number of carbonyl (C=O) groups is 2. The smallest absolute Gasteiger partial charge is 0.326 e. The van der Waals surface area contributed by atoms with Gasteiger partial charge in [0.05, 0.1) is 0 Å². The molecule has 0 bridgehead atoms. The third-order valence-electron chi connectivity index (χ3n) is 2.90. The Kier molecular flexibility index (Phi) is 7.23. The average Bonchev–Trinajstić information content (AvgIpc) is 2.51. The normalized spacial score (nSPS) is 13.9. The van der Waals surface area contributed by atoms with Gasteiger partial charge in [-0.3, -0.25) is 9.59 Å². The number of benzene rings is 1. The third kappa shape index (κ3) is 5.76. The van der Waals surface area contributed by atoms with Crippen LogP contribution in [0.5, 0.6) is 0 Å². The van der Waals surface area contributed by atoms with E-state index >= 15 is 0 Å². The molecule has 21 heavy (non-hydrogen) atoms. The number of thioether (sulfide) groups is 1. The lowest BCUT2D eigenvalue weighted by Gasteiger charge is -2.22. The van der Waals surface area contributed by atoms with Gasteiger partial charge in [0.2, 0.25) is 0 Å². The quantitative estimate of drug-likeness (QED) is 0.561. The minimum absolute atomic E-state index is 0.0186. The van der Waals surface area contributed by atoms with Gasteiger partial charge in [-0.05, 0) is 18.9 Å². The molecule has 1 aromatic rings. The van der Waals surface area contributed by atoms with Gasteiger partial charge in [0, 0.05) is 6.42 Å². The summed E-state index contributed by atoms with van der Waals surface area (Å²) in [5.74, 6) is -0.386. The first-order valence-electron chi connectivity index (χ1n) is 7.12. The molecule has 1 aromatic carbocycles. The van der Waals surface area contributed by atoms with Crippen LogP contribution in [-0.4, -0.2) is 15.8 Å². The summed E-state index contributed by atoms with van der Waals surface area (Å²) in [5, 5.41) is -0.0186. The minimum atomic E-state index is -0.960. The molecule has 3 nitrogen and oxygen atoms in total. The number of esters is 1. The molecule has 0 aliphatic carbocycles. The standard InChI is InChI=1S/C17H22O3S/c1-4-6-12-17(3,21-15(18)5-2)16(19)20-13-14-10-8-7-9-11-14/h6-12H,4-5,13H2,1-3H3/t17-/m0/s1. The molecule has 0 radical (unpaired) electrons. The van der Waals surface area contributed by atoms with Crippen molar-refractivity contribution in [3.63, 3.8) is 0 Å². The van der Waals surface area contributed by atoms with Gasteiger partial charge in [-0.2, -0.15) is 0 Å². The fraction of sp³-hybridized carbons (Fsp3) is 0.412. The molecular formula is C17H22O3S. The molecule has 0 saturated heterocycles. The average molecular weight is 306 g/mol. The second-order valence-electron chi connectivity index (χ2n) is 4.81. The van der Waals surface area contributed by atoms with Crippen LogP contribution in [0.15, 0.2) is 42.5 Å². The molecule has 0 aliphatic rings. The van der Waals surface area contributed by atoms with E-state index in [-0.39, 0.29) is 17.7 Å². The van der Waals surface area contributed by atoms with Crippen LogP contribution in [0.1, 0.15) is 39.2 Å². The van der Waals surface area contributed by atoms with Crippen LogP contribution in [0.2, 0.25) is 0 Å². The number of hydrogen-bond donors (Lipinski definition) is 0. The zero-order valence-electron chi connectivity index (χ0n) is 12.8. The van der Waals surface area contributed by atoms with Crippen molar-refractivity contribution in [3.05, 3.63) is 48.0 Å². The molecule has 0 amide bonds. The maximum atomic E-state index is 12.3. The summed E-state index contributed by atoms with van der Waals surface area (Å²) in [7, 11) is 0. The minimum Gasteiger partial charge on any atom is -0.460 e. The predicted molar refractivity (Wildman–Crippen MR) is 87.0 cm³/mol. The molecule has 1 atom stereocenters. The Balaban J connectivity index is 2.75. The van der Waals surface area contributed by atoms with Crippen LogP contribution in [-0.2, 0) is 20.9 Å². The van der Waals surface area contributed by atoms with Crippen molar-refractivity contribution in [2.45, 2.75) is 45.0 Å². The Labute approximate surface area is 130 Å². The molecule has 4 heteroatoms. The van der Waals surface area contributed by atoms with E-state index in [9.17, 15) is 9.59 Å². The highest BCUT2D eigenvalue weighted by Gasteiger charge is 2.35. The highest BCUT2D eigenvalue weighted by molar-refractivity contribution is 8.15. The summed E-state index contributed by atoms with van der Waals surface area (Å²) in [6.07, 6.45) is 4.85. The Morgan fingerprint density at radius 3 is 2.48 bits per heavy atom. The van der Waals surface area contributed by atoms with Crippen LogP contribution in [0.3, 0.4) is 0 Å². The number of allylic oxidation sites excluding steroid dienone is 1. The van der Waals surface area contributed by atoms with Gasteiger partial charge in [0.1, 0.15) is 11.4 Å². The molecule has 0 spiro atoms. The lowest BCUT2D eigenvalue weighted by Crippen LogP contribution is -2.32. The monoisotopic (exact) mass is 306 g/mol. The maximum absolute atomic E-state index is 12.3. The number of rotatable bonds is 7. The fourth-order valence-electron chi connectivity index (χ4n) is 1.66. The zero-order valence-corrected chi connectivity index (χ0v) is 13.6. The summed E-state index contributed by atoms with van der Waals surface area (Å²) < 4.78 is 4.41. The lowest BCUT2D eigenvalue weighted by atomic mass is 10.1. The highest BCUT2D eigenvalue weighted by atomic mass is 32.2. The Morgan fingerprint density at radius 1 is 1.24 bits per heavy atom. The fourth-order valence-corrected chi connectivity index (χ4v) is 2.59. The van der Waals surface area contributed by atoms with Crippen molar-refractivity contribution in [3.8, 4) is 0 Å². The lowest BCUT2D eigenvalue weighted by molar-refractivity contribution is -0.146. The Bertz CT molecular complexity index is 496. The van der Waals surface area contributed by atoms with Crippen LogP contribution in [0, 0.1) is 0 Å². The molecule has 1 rings (SSSR count). The zero-order chi connectivity index (χ0) is 15.7. The van der Waals surface area contributed by atoms with Gasteiger partial charge in [-0.1, -0.05) is 68.1 Å². The molecule has 0 unspecified atom stereocenters. The van der Waals surface area contributed by atoms with Crippen LogP contribution < -0.4 is 0 Å². The van der Waals surface area contributed by atoms with E-state index in [1.165, 1.54) is 0 Å². The molecule has 0 aliphatic heterocycles. The first kappa shape index (κ1) is 17.5.